The van der Waals surface area contributed by atoms with Crippen LogP contribution in [-0.2, 0) is 4.79 Å². The number of amides is 1. The van der Waals surface area contributed by atoms with Gasteiger partial charge < -0.3 is 16.2 Å². The van der Waals surface area contributed by atoms with Gasteiger partial charge in [0, 0.05) is 12.6 Å². The molecule has 0 aromatic rings. The Morgan fingerprint density at radius 1 is 1.53 bits per heavy atom. The second kappa shape index (κ2) is 6.08. The van der Waals surface area contributed by atoms with E-state index in [-0.39, 0.29) is 24.0 Å². The summed E-state index contributed by atoms with van der Waals surface area (Å²) in [6.07, 6.45) is 4.34. The van der Waals surface area contributed by atoms with Crippen LogP contribution in [0.15, 0.2) is 0 Å². The lowest BCUT2D eigenvalue weighted by atomic mass is 9.84. The average Bonchev–Trinajstić information content (AvgIpc) is 2.17. The monoisotopic (exact) mass is 214 g/mol. The van der Waals surface area contributed by atoms with Gasteiger partial charge in [0.15, 0.2) is 0 Å². The fourth-order valence-corrected chi connectivity index (χ4v) is 2.02. The summed E-state index contributed by atoms with van der Waals surface area (Å²) in [6.45, 7) is 2.26. The standard InChI is InChI=1S/C11H22N2O2/c1-8(14)6-7-13-11(15)9-4-2-3-5-10(9)12/h8-10,14H,2-7,12H2,1H3,(H,13,15). The molecular weight excluding hydrogens is 192 g/mol. The summed E-state index contributed by atoms with van der Waals surface area (Å²) in [5.41, 5.74) is 5.90. The molecule has 1 fully saturated rings. The molecule has 0 saturated heterocycles. The molecule has 15 heavy (non-hydrogen) atoms. The van der Waals surface area contributed by atoms with Crippen LogP contribution < -0.4 is 11.1 Å². The molecule has 1 saturated carbocycles. The Morgan fingerprint density at radius 3 is 2.80 bits per heavy atom. The number of carbonyl (C=O) groups is 1. The number of nitrogens with two attached hydrogens (primary N) is 1. The molecule has 88 valence electrons. The van der Waals surface area contributed by atoms with E-state index in [1.165, 1.54) is 0 Å². The third-order valence-corrected chi connectivity index (χ3v) is 3.02. The van der Waals surface area contributed by atoms with Crippen molar-refractivity contribution in [3.05, 3.63) is 0 Å². The Hall–Kier alpha value is -0.610. The first-order valence-electron chi connectivity index (χ1n) is 5.82. The molecule has 1 rings (SSSR count). The fraction of sp³-hybridized carbons (Fsp3) is 0.909. The molecule has 0 aromatic carbocycles. The van der Waals surface area contributed by atoms with Crippen molar-refractivity contribution in [2.45, 2.75) is 51.2 Å². The van der Waals surface area contributed by atoms with E-state index in [0.717, 1.165) is 25.7 Å². The molecule has 1 aliphatic rings. The van der Waals surface area contributed by atoms with E-state index in [2.05, 4.69) is 5.32 Å². The number of rotatable bonds is 4. The summed E-state index contributed by atoms with van der Waals surface area (Å²) in [4.78, 5) is 11.7. The number of hydrogen-bond donors (Lipinski definition) is 3. The predicted octanol–water partition coefficient (Wildman–Crippen LogP) is 0.391. The molecule has 0 aliphatic heterocycles. The predicted molar refractivity (Wildman–Crippen MR) is 59.2 cm³/mol. The topological polar surface area (TPSA) is 75.3 Å². The van der Waals surface area contributed by atoms with Crippen LogP contribution in [0.4, 0.5) is 0 Å². The highest BCUT2D eigenvalue weighted by atomic mass is 16.3. The number of hydrogen-bond acceptors (Lipinski definition) is 3. The maximum Gasteiger partial charge on any atom is 0.224 e. The number of aliphatic hydroxyl groups is 1. The van der Waals surface area contributed by atoms with E-state index in [4.69, 9.17) is 10.8 Å². The molecule has 0 bridgehead atoms. The van der Waals surface area contributed by atoms with Crippen LogP contribution in [0.1, 0.15) is 39.0 Å². The minimum atomic E-state index is -0.356. The van der Waals surface area contributed by atoms with Crippen molar-refractivity contribution in [3.8, 4) is 0 Å². The van der Waals surface area contributed by atoms with Gasteiger partial charge in [-0.25, -0.2) is 0 Å². The second-order valence-electron chi connectivity index (χ2n) is 4.48. The largest absolute Gasteiger partial charge is 0.393 e. The highest BCUT2D eigenvalue weighted by Crippen LogP contribution is 2.22. The Balaban J connectivity index is 2.26. The molecule has 0 heterocycles. The fourth-order valence-electron chi connectivity index (χ4n) is 2.02. The summed E-state index contributed by atoms with van der Waals surface area (Å²) in [5.74, 6) is 0.0376. The molecule has 0 radical (unpaired) electrons. The van der Waals surface area contributed by atoms with Gasteiger partial charge in [-0.1, -0.05) is 12.8 Å². The SMILES string of the molecule is CC(O)CCNC(=O)C1CCCCC1N. The van der Waals surface area contributed by atoms with Gasteiger partial charge >= 0.3 is 0 Å². The lowest BCUT2D eigenvalue weighted by Gasteiger charge is -2.27. The minimum absolute atomic E-state index is 0.0188. The summed E-state index contributed by atoms with van der Waals surface area (Å²) in [5, 5.41) is 11.9. The normalized spacial score (nSPS) is 28.5. The molecule has 3 atom stereocenters. The molecule has 0 aromatic heterocycles. The summed E-state index contributed by atoms with van der Waals surface area (Å²) >= 11 is 0. The zero-order chi connectivity index (χ0) is 11.3. The molecule has 0 spiro atoms. The van der Waals surface area contributed by atoms with E-state index in [1.54, 1.807) is 6.92 Å². The van der Waals surface area contributed by atoms with Gasteiger partial charge in [-0.15, -0.1) is 0 Å². The summed E-state index contributed by atoms with van der Waals surface area (Å²) in [6, 6.07) is 0.0188. The van der Waals surface area contributed by atoms with Crippen molar-refractivity contribution >= 4 is 5.91 Å². The Labute approximate surface area is 91.2 Å². The van der Waals surface area contributed by atoms with Gasteiger partial charge in [-0.05, 0) is 26.2 Å². The van der Waals surface area contributed by atoms with E-state index < -0.39 is 0 Å². The number of nitrogens with one attached hydrogen (secondary N) is 1. The molecule has 3 unspecified atom stereocenters. The first kappa shape index (κ1) is 12.5. The van der Waals surface area contributed by atoms with E-state index >= 15 is 0 Å². The van der Waals surface area contributed by atoms with Crippen LogP contribution in [0.3, 0.4) is 0 Å². The van der Waals surface area contributed by atoms with Gasteiger partial charge in [-0.3, -0.25) is 4.79 Å². The minimum Gasteiger partial charge on any atom is -0.393 e. The van der Waals surface area contributed by atoms with Crippen molar-refractivity contribution in [1.82, 2.24) is 5.32 Å². The van der Waals surface area contributed by atoms with Crippen LogP contribution in [0.25, 0.3) is 0 Å². The Morgan fingerprint density at radius 2 is 2.20 bits per heavy atom. The lowest BCUT2D eigenvalue weighted by Crippen LogP contribution is -2.44. The van der Waals surface area contributed by atoms with Crippen molar-refractivity contribution in [2.75, 3.05) is 6.54 Å². The first-order chi connectivity index (χ1) is 7.11. The quantitative estimate of drug-likeness (QED) is 0.633. The third kappa shape index (κ3) is 4.18. The molecule has 1 aliphatic carbocycles. The van der Waals surface area contributed by atoms with E-state index in [1.807, 2.05) is 0 Å². The molecular formula is C11H22N2O2. The highest BCUT2D eigenvalue weighted by molar-refractivity contribution is 5.79. The molecule has 4 heteroatoms. The van der Waals surface area contributed by atoms with Crippen molar-refractivity contribution in [3.63, 3.8) is 0 Å². The maximum absolute atomic E-state index is 11.7. The molecule has 4 N–H and O–H groups in total. The van der Waals surface area contributed by atoms with Crippen molar-refractivity contribution in [2.24, 2.45) is 11.7 Å². The first-order valence-corrected chi connectivity index (χ1v) is 5.82. The van der Waals surface area contributed by atoms with Crippen LogP contribution in [0.5, 0.6) is 0 Å². The van der Waals surface area contributed by atoms with Crippen LogP contribution in [-0.4, -0.2) is 29.7 Å². The van der Waals surface area contributed by atoms with Crippen LogP contribution in [0, 0.1) is 5.92 Å². The third-order valence-electron chi connectivity index (χ3n) is 3.02. The smallest absolute Gasteiger partial charge is 0.224 e. The van der Waals surface area contributed by atoms with Gasteiger partial charge in [0.05, 0.1) is 12.0 Å². The van der Waals surface area contributed by atoms with Crippen molar-refractivity contribution < 1.29 is 9.90 Å². The Kier molecular flexibility index (Phi) is 5.05. The summed E-state index contributed by atoms with van der Waals surface area (Å²) < 4.78 is 0. The second-order valence-corrected chi connectivity index (χ2v) is 4.48. The van der Waals surface area contributed by atoms with E-state index in [0.29, 0.717) is 13.0 Å². The summed E-state index contributed by atoms with van der Waals surface area (Å²) in [7, 11) is 0. The highest BCUT2D eigenvalue weighted by Gasteiger charge is 2.27. The lowest BCUT2D eigenvalue weighted by molar-refractivity contribution is -0.126. The van der Waals surface area contributed by atoms with Crippen LogP contribution in [0.2, 0.25) is 0 Å². The maximum atomic E-state index is 11.7. The van der Waals surface area contributed by atoms with E-state index in [9.17, 15) is 4.79 Å². The van der Waals surface area contributed by atoms with Gasteiger partial charge in [0.25, 0.3) is 0 Å². The zero-order valence-electron chi connectivity index (χ0n) is 9.41. The van der Waals surface area contributed by atoms with Crippen LogP contribution >= 0.6 is 0 Å². The van der Waals surface area contributed by atoms with Gasteiger partial charge in [0.2, 0.25) is 5.91 Å². The number of aliphatic hydroxyl groups excluding tert-OH is 1. The van der Waals surface area contributed by atoms with Crippen molar-refractivity contribution in [1.29, 1.82) is 0 Å². The Bertz CT molecular complexity index is 207. The molecule has 4 nitrogen and oxygen atoms in total. The van der Waals surface area contributed by atoms with Gasteiger partial charge in [0.1, 0.15) is 0 Å². The number of carbonyl (C=O) groups excluding carboxylic acids is 1. The zero-order valence-corrected chi connectivity index (χ0v) is 9.41. The van der Waals surface area contributed by atoms with Gasteiger partial charge in [-0.2, -0.15) is 0 Å². The molecule has 1 amide bonds. The average molecular weight is 214 g/mol.